The molecule has 0 rings (SSSR count). The topological polar surface area (TPSA) is 27.0 Å². The summed E-state index contributed by atoms with van der Waals surface area (Å²) in [4.78, 5) is 2.25. The van der Waals surface area contributed by atoms with Crippen LogP contribution in [0.5, 0.6) is 0 Å². The molecule has 0 spiro atoms. The minimum atomic E-state index is 0.615. The maximum Gasteiger partial charge on any atom is 0.0635 e. The van der Waals surface area contributed by atoms with E-state index in [1.165, 1.54) is 0 Å². The molecule has 0 fully saturated rings. The van der Waals surface area contributed by atoms with Gasteiger partial charge < -0.3 is 4.90 Å². The first kappa shape index (κ1) is 11.0. The van der Waals surface area contributed by atoms with Crippen molar-refractivity contribution in [1.82, 2.24) is 4.90 Å². The molecule has 66 valence electrons. The van der Waals surface area contributed by atoms with E-state index in [2.05, 4.69) is 23.8 Å². The van der Waals surface area contributed by atoms with Gasteiger partial charge in [-0.3, -0.25) is 0 Å². The van der Waals surface area contributed by atoms with Crippen molar-refractivity contribution in [3.8, 4) is 18.4 Å². The van der Waals surface area contributed by atoms with Crippen LogP contribution in [0.2, 0.25) is 0 Å². The second kappa shape index (κ2) is 8.11. The van der Waals surface area contributed by atoms with Gasteiger partial charge in [0.15, 0.2) is 0 Å². The van der Waals surface area contributed by atoms with Gasteiger partial charge in [0.1, 0.15) is 0 Å². The van der Waals surface area contributed by atoms with E-state index in [1.54, 1.807) is 0 Å². The Morgan fingerprint density at radius 1 is 1.33 bits per heavy atom. The Labute approximate surface area is 75.2 Å². The summed E-state index contributed by atoms with van der Waals surface area (Å²) in [6.07, 6.45) is 7.62. The van der Waals surface area contributed by atoms with E-state index in [-0.39, 0.29) is 0 Å². The fourth-order valence-electron chi connectivity index (χ4n) is 1.04. The molecular formula is C10H16N2. The molecule has 0 unspecified atom stereocenters. The van der Waals surface area contributed by atoms with Gasteiger partial charge in [-0.25, -0.2) is 0 Å². The van der Waals surface area contributed by atoms with Gasteiger partial charge in [0.25, 0.3) is 0 Å². The molecule has 0 aliphatic rings. The number of hydrogen-bond acceptors (Lipinski definition) is 2. The molecule has 0 aromatic heterocycles. The number of nitrogens with zero attached hydrogens (tertiary/aromatic N) is 2. The van der Waals surface area contributed by atoms with Crippen LogP contribution in [0, 0.1) is 23.7 Å². The number of terminal acetylenes is 1. The van der Waals surface area contributed by atoms with Crippen LogP contribution in [0.1, 0.15) is 26.2 Å². The zero-order chi connectivity index (χ0) is 9.23. The summed E-state index contributed by atoms with van der Waals surface area (Å²) in [7, 11) is 0. The van der Waals surface area contributed by atoms with Crippen molar-refractivity contribution in [2.75, 3.05) is 19.6 Å². The van der Waals surface area contributed by atoms with Gasteiger partial charge in [-0.15, -0.1) is 12.3 Å². The predicted molar refractivity (Wildman–Crippen MR) is 50.4 cm³/mol. The maximum absolute atomic E-state index is 8.37. The van der Waals surface area contributed by atoms with Crippen LogP contribution in [0.4, 0.5) is 0 Å². The Morgan fingerprint density at radius 3 is 2.58 bits per heavy atom. The highest BCUT2D eigenvalue weighted by Crippen LogP contribution is 1.95. The lowest BCUT2D eigenvalue weighted by Gasteiger charge is -2.17. The third kappa shape index (κ3) is 5.77. The standard InChI is InChI=1S/C10H16N2/c1-3-5-6-9-12(4-2)10-7-8-11/h1H,4-7,9-10H2,2H3. The summed E-state index contributed by atoms with van der Waals surface area (Å²) in [5.74, 6) is 2.61. The lowest BCUT2D eigenvalue weighted by Crippen LogP contribution is -2.25. The molecule has 0 aromatic rings. The number of nitriles is 1. The Morgan fingerprint density at radius 2 is 2.08 bits per heavy atom. The van der Waals surface area contributed by atoms with Crippen molar-refractivity contribution in [3.05, 3.63) is 0 Å². The van der Waals surface area contributed by atoms with E-state index >= 15 is 0 Å². The molecule has 0 bridgehead atoms. The summed E-state index contributed by atoms with van der Waals surface area (Å²) >= 11 is 0. The fraction of sp³-hybridized carbons (Fsp3) is 0.700. The van der Waals surface area contributed by atoms with E-state index in [0.29, 0.717) is 6.42 Å². The highest BCUT2D eigenvalue weighted by molar-refractivity contribution is 4.83. The third-order valence-electron chi connectivity index (χ3n) is 1.78. The highest BCUT2D eigenvalue weighted by Gasteiger charge is 1.99. The van der Waals surface area contributed by atoms with E-state index < -0.39 is 0 Å². The van der Waals surface area contributed by atoms with E-state index in [1.807, 2.05) is 0 Å². The summed E-state index contributed by atoms with van der Waals surface area (Å²) in [5.41, 5.74) is 0. The van der Waals surface area contributed by atoms with Gasteiger partial charge >= 0.3 is 0 Å². The zero-order valence-corrected chi connectivity index (χ0v) is 7.71. The maximum atomic E-state index is 8.37. The Kier molecular flexibility index (Phi) is 7.44. The fourth-order valence-corrected chi connectivity index (χ4v) is 1.04. The van der Waals surface area contributed by atoms with E-state index in [9.17, 15) is 0 Å². The number of hydrogen-bond donors (Lipinski definition) is 0. The molecule has 12 heavy (non-hydrogen) atoms. The first-order valence-corrected chi connectivity index (χ1v) is 4.38. The molecular weight excluding hydrogens is 148 g/mol. The third-order valence-corrected chi connectivity index (χ3v) is 1.78. The number of unbranched alkanes of at least 4 members (excludes halogenated alkanes) is 1. The van der Waals surface area contributed by atoms with Crippen LogP contribution in [-0.4, -0.2) is 24.5 Å². The summed E-state index contributed by atoms with van der Waals surface area (Å²) in [6, 6.07) is 2.14. The second-order valence-corrected chi connectivity index (χ2v) is 2.65. The molecule has 0 aliphatic heterocycles. The van der Waals surface area contributed by atoms with Gasteiger partial charge in [-0.2, -0.15) is 5.26 Å². The molecule has 2 heteroatoms. The lowest BCUT2D eigenvalue weighted by atomic mass is 10.3. The van der Waals surface area contributed by atoms with Crippen LogP contribution in [0.25, 0.3) is 0 Å². The quantitative estimate of drug-likeness (QED) is 0.441. The van der Waals surface area contributed by atoms with Crippen molar-refractivity contribution in [1.29, 1.82) is 5.26 Å². The first-order chi connectivity index (χ1) is 5.85. The molecule has 0 radical (unpaired) electrons. The van der Waals surface area contributed by atoms with Crippen molar-refractivity contribution in [2.24, 2.45) is 0 Å². The van der Waals surface area contributed by atoms with Crippen LogP contribution in [0.3, 0.4) is 0 Å². The summed E-state index contributed by atoms with van der Waals surface area (Å²) < 4.78 is 0. The molecule has 0 saturated heterocycles. The first-order valence-electron chi connectivity index (χ1n) is 4.38. The Balaban J connectivity index is 3.42. The Bertz CT molecular complexity index is 173. The van der Waals surface area contributed by atoms with Crippen LogP contribution in [0.15, 0.2) is 0 Å². The highest BCUT2D eigenvalue weighted by atomic mass is 15.1. The molecule has 0 heterocycles. The second-order valence-electron chi connectivity index (χ2n) is 2.65. The van der Waals surface area contributed by atoms with Gasteiger partial charge in [0.05, 0.1) is 6.07 Å². The number of rotatable bonds is 6. The lowest BCUT2D eigenvalue weighted by molar-refractivity contribution is 0.292. The SMILES string of the molecule is C#CCCCN(CC)CCC#N. The Hall–Kier alpha value is -0.990. The van der Waals surface area contributed by atoms with E-state index in [0.717, 1.165) is 32.5 Å². The minimum absolute atomic E-state index is 0.615. The molecule has 0 aliphatic carbocycles. The zero-order valence-electron chi connectivity index (χ0n) is 7.71. The molecule has 0 amide bonds. The summed E-state index contributed by atoms with van der Waals surface area (Å²) in [6.45, 7) is 5.00. The molecule has 2 nitrogen and oxygen atoms in total. The minimum Gasteiger partial charge on any atom is -0.303 e. The van der Waals surface area contributed by atoms with Crippen molar-refractivity contribution in [2.45, 2.75) is 26.2 Å². The van der Waals surface area contributed by atoms with E-state index in [4.69, 9.17) is 11.7 Å². The van der Waals surface area contributed by atoms with Gasteiger partial charge in [0.2, 0.25) is 0 Å². The molecule has 0 N–H and O–H groups in total. The van der Waals surface area contributed by atoms with Crippen molar-refractivity contribution in [3.63, 3.8) is 0 Å². The average Bonchev–Trinajstić information content (AvgIpc) is 2.11. The van der Waals surface area contributed by atoms with Gasteiger partial charge in [-0.05, 0) is 19.5 Å². The molecule has 0 atom stereocenters. The predicted octanol–water partition coefficient (Wildman–Crippen LogP) is 1.64. The van der Waals surface area contributed by atoms with Crippen molar-refractivity contribution >= 4 is 0 Å². The normalized spacial score (nSPS) is 9.33. The molecule has 0 aromatic carbocycles. The smallest absolute Gasteiger partial charge is 0.0635 e. The molecule has 0 saturated carbocycles. The van der Waals surface area contributed by atoms with Crippen LogP contribution in [-0.2, 0) is 0 Å². The summed E-state index contributed by atoms with van der Waals surface area (Å²) in [5, 5.41) is 8.37. The van der Waals surface area contributed by atoms with Crippen molar-refractivity contribution < 1.29 is 0 Å². The van der Waals surface area contributed by atoms with Gasteiger partial charge in [0, 0.05) is 19.4 Å². The average molecular weight is 164 g/mol. The largest absolute Gasteiger partial charge is 0.303 e. The van der Waals surface area contributed by atoms with Crippen LogP contribution < -0.4 is 0 Å². The monoisotopic (exact) mass is 164 g/mol. The van der Waals surface area contributed by atoms with Gasteiger partial charge in [-0.1, -0.05) is 6.92 Å². The van der Waals surface area contributed by atoms with Crippen LogP contribution >= 0.6 is 0 Å².